The Balaban J connectivity index is 1.41. The average molecular weight is 332 g/mol. The highest BCUT2D eigenvalue weighted by Crippen LogP contribution is 2.18. The van der Waals surface area contributed by atoms with Gasteiger partial charge >= 0.3 is 0 Å². The SMILES string of the molecule is CN=C(NCc1cccc(OCCN2CCOCC2)c1)NC1CC1. The van der Waals surface area contributed by atoms with Gasteiger partial charge in [0.05, 0.1) is 13.2 Å². The maximum absolute atomic E-state index is 5.90. The smallest absolute Gasteiger partial charge is 0.191 e. The molecule has 1 saturated heterocycles. The molecule has 6 heteroatoms. The molecule has 24 heavy (non-hydrogen) atoms. The monoisotopic (exact) mass is 332 g/mol. The van der Waals surface area contributed by atoms with Gasteiger partial charge in [-0.25, -0.2) is 0 Å². The van der Waals surface area contributed by atoms with Crippen LogP contribution in [0.3, 0.4) is 0 Å². The molecule has 0 radical (unpaired) electrons. The van der Waals surface area contributed by atoms with Gasteiger partial charge in [-0.2, -0.15) is 0 Å². The van der Waals surface area contributed by atoms with Crippen LogP contribution < -0.4 is 15.4 Å². The average Bonchev–Trinajstić information content (AvgIpc) is 3.44. The molecular weight excluding hydrogens is 304 g/mol. The van der Waals surface area contributed by atoms with Crippen molar-refractivity contribution < 1.29 is 9.47 Å². The van der Waals surface area contributed by atoms with E-state index in [4.69, 9.17) is 9.47 Å². The number of ether oxygens (including phenoxy) is 2. The van der Waals surface area contributed by atoms with Gasteiger partial charge in [0.25, 0.3) is 0 Å². The van der Waals surface area contributed by atoms with Crippen LogP contribution >= 0.6 is 0 Å². The fourth-order valence-corrected chi connectivity index (χ4v) is 2.66. The molecule has 2 aliphatic rings. The van der Waals surface area contributed by atoms with Crippen molar-refractivity contribution in [1.29, 1.82) is 0 Å². The molecule has 0 spiro atoms. The van der Waals surface area contributed by atoms with E-state index in [0.29, 0.717) is 12.6 Å². The van der Waals surface area contributed by atoms with E-state index in [1.54, 1.807) is 0 Å². The highest BCUT2D eigenvalue weighted by Gasteiger charge is 2.21. The van der Waals surface area contributed by atoms with Crippen molar-refractivity contribution in [3.05, 3.63) is 29.8 Å². The fraction of sp³-hybridized carbons (Fsp3) is 0.611. The molecule has 1 heterocycles. The lowest BCUT2D eigenvalue weighted by molar-refractivity contribution is 0.0322. The number of aliphatic imine (C=N–C) groups is 1. The summed E-state index contributed by atoms with van der Waals surface area (Å²) in [5, 5.41) is 6.74. The minimum absolute atomic E-state index is 0.603. The molecule has 0 bridgehead atoms. The summed E-state index contributed by atoms with van der Waals surface area (Å²) in [4.78, 5) is 6.63. The molecule has 2 fully saturated rings. The summed E-state index contributed by atoms with van der Waals surface area (Å²) < 4.78 is 11.3. The molecule has 1 aromatic carbocycles. The predicted molar refractivity (Wildman–Crippen MR) is 95.6 cm³/mol. The molecule has 0 atom stereocenters. The van der Waals surface area contributed by atoms with Crippen LogP contribution in [0.25, 0.3) is 0 Å². The van der Waals surface area contributed by atoms with Gasteiger partial charge in [0.15, 0.2) is 5.96 Å². The van der Waals surface area contributed by atoms with Gasteiger partial charge in [-0.05, 0) is 30.5 Å². The van der Waals surface area contributed by atoms with E-state index in [0.717, 1.165) is 51.1 Å². The number of nitrogens with one attached hydrogen (secondary N) is 2. The standard InChI is InChI=1S/C18H28N4O2/c1-19-18(21-16-5-6-16)20-14-15-3-2-4-17(13-15)24-12-9-22-7-10-23-11-8-22/h2-4,13,16H,5-12,14H2,1H3,(H2,19,20,21). The zero-order valence-electron chi connectivity index (χ0n) is 14.5. The summed E-state index contributed by atoms with van der Waals surface area (Å²) in [5.74, 6) is 1.80. The van der Waals surface area contributed by atoms with E-state index in [-0.39, 0.29) is 0 Å². The van der Waals surface area contributed by atoms with Crippen molar-refractivity contribution in [2.24, 2.45) is 4.99 Å². The first-order valence-electron chi connectivity index (χ1n) is 8.82. The first-order chi connectivity index (χ1) is 11.8. The lowest BCUT2D eigenvalue weighted by Crippen LogP contribution is -2.38. The van der Waals surface area contributed by atoms with Crippen LogP contribution in [0.5, 0.6) is 5.75 Å². The Kier molecular flexibility index (Phi) is 6.32. The summed E-state index contributed by atoms with van der Waals surface area (Å²) in [6, 6.07) is 8.85. The lowest BCUT2D eigenvalue weighted by Gasteiger charge is -2.26. The van der Waals surface area contributed by atoms with Gasteiger partial charge in [0.2, 0.25) is 0 Å². The summed E-state index contributed by atoms with van der Waals surface area (Å²) in [7, 11) is 1.81. The number of benzene rings is 1. The highest BCUT2D eigenvalue weighted by molar-refractivity contribution is 5.80. The second kappa shape index (κ2) is 8.89. The summed E-state index contributed by atoms with van der Waals surface area (Å²) in [6.45, 7) is 6.06. The number of nitrogens with zero attached hydrogens (tertiary/aromatic N) is 2. The molecule has 0 unspecified atom stereocenters. The summed E-state index contributed by atoms with van der Waals surface area (Å²) >= 11 is 0. The molecule has 1 aromatic rings. The second-order valence-electron chi connectivity index (χ2n) is 6.29. The van der Waals surface area contributed by atoms with Crippen LogP contribution in [-0.4, -0.2) is 63.4 Å². The van der Waals surface area contributed by atoms with Crippen LogP contribution in [0.1, 0.15) is 18.4 Å². The summed E-state index contributed by atoms with van der Waals surface area (Å²) in [5.41, 5.74) is 1.19. The van der Waals surface area contributed by atoms with E-state index < -0.39 is 0 Å². The third kappa shape index (κ3) is 5.69. The van der Waals surface area contributed by atoms with E-state index >= 15 is 0 Å². The van der Waals surface area contributed by atoms with Crippen molar-refractivity contribution in [2.75, 3.05) is 46.5 Å². The normalized spacial score (nSPS) is 19.1. The molecule has 3 rings (SSSR count). The number of morpholine rings is 1. The Bertz CT molecular complexity index is 540. The van der Waals surface area contributed by atoms with Crippen molar-refractivity contribution >= 4 is 5.96 Å². The van der Waals surface area contributed by atoms with Gasteiger partial charge in [-0.3, -0.25) is 9.89 Å². The maximum Gasteiger partial charge on any atom is 0.191 e. The first-order valence-corrected chi connectivity index (χ1v) is 8.82. The zero-order chi connectivity index (χ0) is 16.6. The highest BCUT2D eigenvalue weighted by atomic mass is 16.5. The zero-order valence-corrected chi connectivity index (χ0v) is 14.5. The molecular formula is C18H28N4O2. The number of hydrogen-bond donors (Lipinski definition) is 2. The van der Waals surface area contributed by atoms with E-state index in [9.17, 15) is 0 Å². The number of rotatable bonds is 7. The topological polar surface area (TPSA) is 58.1 Å². The first kappa shape index (κ1) is 17.0. The third-order valence-corrected chi connectivity index (χ3v) is 4.28. The van der Waals surface area contributed by atoms with Gasteiger partial charge < -0.3 is 20.1 Å². The largest absolute Gasteiger partial charge is 0.492 e. The minimum atomic E-state index is 0.603. The lowest BCUT2D eigenvalue weighted by atomic mass is 10.2. The number of hydrogen-bond acceptors (Lipinski definition) is 4. The van der Waals surface area contributed by atoms with Gasteiger partial charge in [-0.1, -0.05) is 12.1 Å². The number of guanidine groups is 1. The van der Waals surface area contributed by atoms with Crippen molar-refractivity contribution in [3.63, 3.8) is 0 Å². The van der Waals surface area contributed by atoms with E-state index in [1.165, 1.54) is 18.4 Å². The summed E-state index contributed by atoms with van der Waals surface area (Å²) in [6.07, 6.45) is 2.49. The van der Waals surface area contributed by atoms with Crippen molar-refractivity contribution in [2.45, 2.75) is 25.4 Å². The maximum atomic E-state index is 5.90. The van der Waals surface area contributed by atoms with Crippen molar-refractivity contribution in [3.8, 4) is 5.75 Å². The molecule has 6 nitrogen and oxygen atoms in total. The molecule has 2 N–H and O–H groups in total. The molecule has 1 aliphatic heterocycles. The predicted octanol–water partition coefficient (Wildman–Crippen LogP) is 1.22. The van der Waals surface area contributed by atoms with Gasteiger partial charge in [0.1, 0.15) is 12.4 Å². The van der Waals surface area contributed by atoms with Crippen LogP contribution in [0, 0.1) is 0 Å². The van der Waals surface area contributed by atoms with E-state index in [2.05, 4.69) is 32.7 Å². The Morgan fingerprint density at radius 2 is 2.17 bits per heavy atom. The molecule has 0 aromatic heterocycles. The Labute approximate surface area is 144 Å². The van der Waals surface area contributed by atoms with Crippen LogP contribution in [0.15, 0.2) is 29.3 Å². The Morgan fingerprint density at radius 3 is 2.92 bits per heavy atom. The van der Waals surface area contributed by atoms with Crippen molar-refractivity contribution in [1.82, 2.24) is 15.5 Å². The quantitative estimate of drug-likeness (QED) is 0.581. The molecule has 132 valence electrons. The second-order valence-corrected chi connectivity index (χ2v) is 6.29. The third-order valence-electron chi connectivity index (χ3n) is 4.28. The van der Waals surface area contributed by atoms with Crippen LogP contribution in [0.2, 0.25) is 0 Å². The van der Waals surface area contributed by atoms with Crippen LogP contribution in [-0.2, 0) is 11.3 Å². The van der Waals surface area contributed by atoms with E-state index in [1.807, 2.05) is 19.2 Å². The van der Waals surface area contributed by atoms with Gasteiger partial charge in [0, 0.05) is 39.3 Å². The van der Waals surface area contributed by atoms with Gasteiger partial charge in [-0.15, -0.1) is 0 Å². The Morgan fingerprint density at radius 1 is 1.33 bits per heavy atom. The van der Waals surface area contributed by atoms with Crippen LogP contribution in [0.4, 0.5) is 0 Å². The molecule has 0 amide bonds. The fourth-order valence-electron chi connectivity index (χ4n) is 2.66. The molecule has 1 aliphatic carbocycles. The Hall–Kier alpha value is -1.79. The molecule has 1 saturated carbocycles. The minimum Gasteiger partial charge on any atom is -0.492 e.